The number of halogens is 4. The van der Waals surface area contributed by atoms with E-state index >= 15 is 0 Å². The Morgan fingerprint density at radius 1 is 0.773 bits per heavy atom. The van der Waals surface area contributed by atoms with Crippen LogP contribution in [0.5, 0.6) is 5.75 Å². The van der Waals surface area contributed by atoms with Gasteiger partial charge in [-0.2, -0.15) is 23.7 Å². The predicted molar refractivity (Wildman–Crippen MR) is 286 cm³/mol. The molecule has 6 aliphatic heterocycles. The lowest BCUT2D eigenvalue weighted by Gasteiger charge is -2.32. The minimum Gasteiger partial charge on any atom is -0.484 e. The van der Waals surface area contributed by atoms with E-state index < -0.39 is 22.0 Å². The molecule has 0 spiro atoms. The van der Waals surface area contributed by atoms with E-state index in [-0.39, 0.29) is 43.0 Å². The van der Waals surface area contributed by atoms with Gasteiger partial charge in [-0.3, -0.25) is 23.2 Å². The van der Waals surface area contributed by atoms with Gasteiger partial charge in [0.05, 0.1) is 102 Å². The molecule has 414 valence electrons. The number of benzene rings is 1. The lowest BCUT2D eigenvalue weighted by atomic mass is 9.82. The maximum absolute atomic E-state index is 13.9. The lowest BCUT2D eigenvalue weighted by molar-refractivity contribution is 0.00578. The summed E-state index contributed by atoms with van der Waals surface area (Å²) in [6.45, 7) is 18.8. The molecule has 0 amide bonds. The van der Waals surface area contributed by atoms with Crippen molar-refractivity contribution in [2.24, 2.45) is 0 Å². The summed E-state index contributed by atoms with van der Waals surface area (Å²) in [6.07, 6.45) is 17.8. The summed E-state index contributed by atoms with van der Waals surface area (Å²) in [5.41, 5.74) is 3.29. The normalized spacial score (nSPS) is 24.1. The second-order valence-electron chi connectivity index (χ2n) is 19.9. The van der Waals surface area contributed by atoms with Crippen LogP contribution in [-0.4, -0.2) is 151 Å². The van der Waals surface area contributed by atoms with Gasteiger partial charge in [-0.25, -0.2) is 4.39 Å². The number of aliphatic hydroxyl groups is 1. The van der Waals surface area contributed by atoms with Gasteiger partial charge in [-0.05, 0) is 101 Å². The SMILES string of the molecule is Brc1cnn(C2CCOC2)c1.CC1(C)OB(c2cnn(C3CCOC3)c2)OC1(C)C.CS(=O)(=O)OC1CCOC1.Cc1ncc(-c2cnn(C3CCOC3)c2)cc1OC(C)c1c(Cl)ccc(F)c1Cl.OC1CCOC1.[2HH]. The van der Waals surface area contributed by atoms with E-state index in [1.54, 1.807) is 25.5 Å². The molecule has 6 aliphatic rings. The van der Waals surface area contributed by atoms with Crippen LogP contribution in [0.1, 0.15) is 104 Å². The third-order valence-electron chi connectivity index (χ3n) is 13.4. The van der Waals surface area contributed by atoms with Gasteiger partial charge in [-0.15, -0.1) is 0 Å². The van der Waals surface area contributed by atoms with Crippen molar-refractivity contribution >= 4 is 61.8 Å². The number of hydrogen-bond donors (Lipinski definition) is 1. The van der Waals surface area contributed by atoms with E-state index in [0.29, 0.717) is 67.0 Å². The molecule has 5 aromatic rings. The van der Waals surface area contributed by atoms with E-state index in [1.807, 2.05) is 51.8 Å². The molecule has 0 bridgehead atoms. The molecular weight excluding hydrogens is 1100 g/mol. The summed E-state index contributed by atoms with van der Waals surface area (Å²) >= 11 is 15.7. The molecule has 6 saturated heterocycles. The van der Waals surface area contributed by atoms with Gasteiger partial charge < -0.3 is 42.8 Å². The summed E-state index contributed by atoms with van der Waals surface area (Å²) in [5, 5.41) is 22.0. The van der Waals surface area contributed by atoms with E-state index in [4.69, 9.17) is 66.0 Å². The Bertz CT molecular complexity index is 2700. The lowest BCUT2D eigenvalue weighted by Crippen LogP contribution is -2.41. The molecule has 0 radical (unpaired) electrons. The van der Waals surface area contributed by atoms with Crippen LogP contribution in [0.3, 0.4) is 0 Å². The number of nitrogens with zero attached hydrogens (tertiary/aromatic N) is 7. The van der Waals surface area contributed by atoms with Crippen LogP contribution in [0.2, 0.25) is 10.0 Å². The Morgan fingerprint density at radius 2 is 1.32 bits per heavy atom. The van der Waals surface area contributed by atoms with Crippen molar-refractivity contribution in [3.63, 3.8) is 0 Å². The Labute approximate surface area is 458 Å². The van der Waals surface area contributed by atoms with Crippen LogP contribution in [0.15, 0.2) is 66.0 Å². The zero-order valence-corrected chi connectivity index (χ0v) is 47.3. The number of hydrogen-bond acceptors (Lipinski definition) is 16. The molecule has 1 N–H and O–H groups in total. The third-order valence-corrected chi connectivity index (χ3v) is 15.2. The van der Waals surface area contributed by atoms with E-state index in [2.05, 4.69) is 68.1 Å². The first-order valence-corrected chi connectivity index (χ1v) is 28.4. The van der Waals surface area contributed by atoms with Gasteiger partial charge in [0.15, 0.2) is 0 Å². The van der Waals surface area contributed by atoms with Gasteiger partial charge in [0.1, 0.15) is 23.8 Å². The maximum atomic E-state index is 13.9. The monoisotopic (exact) mass is 1170 g/mol. The maximum Gasteiger partial charge on any atom is 0.498 e. The molecule has 1 aromatic carbocycles. The van der Waals surface area contributed by atoms with Crippen LogP contribution in [0.25, 0.3) is 11.1 Å². The van der Waals surface area contributed by atoms with Gasteiger partial charge in [0.2, 0.25) is 0 Å². The molecule has 19 nitrogen and oxygen atoms in total. The number of aryl methyl sites for hydroxylation is 1. The van der Waals surface area contributed by atoms with Crippen molar-refractivity contribution in [1.29, 1.82) is 0 Å². The molecule has 4 aromatic heterocycles. The number of rotatable bonds is 10. The molecular formula is C50H70BBrCl2FN7O12S. The quantitative estimate of drug-likeness (QED) is 0.0793. The number of pyridine rings is 1. The van der Waals surface area contributed by atoms with Crippen LogP contribution in [-0.2, 0) is 47.3 Å². The van der Waals surface area contributed by atoms with Crippen LogP contribution in [0, 0.1) is 12.7 Å². The van der Waals surface area contributed by atoms with Crippen molar-refractivity contribution in [2.45, 2.75) is 121 Å². The minimum atomic E-state index is -3.29. The highest BCUT2D eigenvalue weighted by Gasteiger charge is 2.52. The minimum absolute atomic E-state index is 0. The summed E-state index contributed by atoms with van der Waals surface area (Å²) < 4.78 is 90.3. The fourth-order valence-electron chi connectivity index (χ4n) is 8.36. The summed E-state index contributed by atoms with van der Waals surface area (Å²) in [7, 11) is -3.62. The molecule has 25 heteroatoms. The molecule has 0 saturated carbocycles. The number of ether oxygens (including phenoxy) is 6. The van der Waals surface area contributed by atoms with Crippen molar-refractivity contribution in [1.82, 2.24) is 34.3 Å². The Hall–Kier alpha value is -3.56. The molecule has 6 unspecified atom stereocenters. The van der Waals surface area contributed by atoms with Gasteiger partial charge in [-0.1, -0.05) is 23.2 Å². The first-order valence-electron chi connectivity index (χ1n) is 25.0. The van der Waals surface area contributed by atoms with Crippen molar-refractivity contribution in [3.05, 3.63) is 93.2 Å². The number of aromatic nitrogens is 7. The molecule has 6 fully saturated rings. The highest BCUT2D eigenvalue weighted by Crippen LogP contribution is 2.38. The Balaban J connectivity index is 0.000000170. The molecule has 75 heavy (non-hydrogen) atoms. The molecule has 0 aliphatic carbocycles. The largest absolute Gasteiger partial charge is 0.498 e. The van der Waals surface area contributed by atoms with Crippen LogP contribution in [0.4, 0.5) is 4.39 Å². The summed E-state index contributed by atoms with van der Waals surface area (Å²) in [6, 6.07) is 5.65. The summed E-state index contributed by atoms with van der Waals surface area (Å²) in [5.74, 6) is 0.0387. The van der Waals surface area contributed by atoms with Crippen molar-refractivity contribution in [2.75, 3.05) is 72.3 Å². The highest BCUT2D eigenvalue weighted by molar-refractivity contribution is 9.10. The zero-order valence-electron chi connectivity index (χ0n) is 43.4. The topological polar surface area (TPSA) is 204 Å². The first-order chi connectivity index (χ1) is 35.7. The average molecular weight is 1170 g/mol. The fourth-order valence-corrected chi connectivity index (χ4v) is 9.99. The smallest absolute Gasteiger partial charge is 0.484 e. The molecule has 6 atom stereocenters. The second-order valence-corrected chi connectivity index (χ2v) is 23.2. The third kappa shape index (κ3) is 16.7. The summed E-state index contributed by atoms with van der Waals surface area (Å²) in [4.78, 5) is 4.44. The number of aliphatic hydroxyl groups excluding tert-OH is 1. The molecule has 11 rings (SSSR count). The second kappa shape index (κ2) is 26.9. The highest BCUT2D eigenvalue weighted by atomic mass is 79.9. The van der Waals surface area contributed by atoms with Gasteiger partial charge in [0.25, 0.3) is 10.1 Å². The van der Waals surface area contributed by atoms with E-state index in [0.717, 1.165) is 92.6 Å². The Morgan fingerprint density at radius 3 is 1.83 bits per heavy atom. The van der Waals surface area contributed by atoms with E-state index in [1.165, 1.54) is 12.1 Å². The molecule has 10 heterocycles. The van der Waals surface area contributed by atoms with Crippen molar-refractivity contribution < 1.29 is 61.3 Å². The van der Waals surface area contributed by atoms with E-state index in [9.17, 15) is 12.8 Å². The Kier molecular flexibility index (Phi) is 21.2. The average Bonchev–Trinajstić information content (AvgIpc) is 4.19. The van der Waals surface area contributed by atoms with Crippen LogP contribution < -0.4 is 10.2 Å². The zero-order chi connectivity index (χ0) is 53.9. The predicted octanol–water partition coefficient (Wildman–Crippen LogP) is 8.32. The van der Waals surface area contributed by atoms with Crippen LogP contribution >= 0.6 is 39.1 Å². The first kappa shape index (κ1) is 59.1. The standard InChI is InChI=1S/C21H20Cl2FN3O2.C13H21BN2O3.C7H9BrN2O.C5H10O4S.C4H8O2.H2/c1-12-19(29-13(2)20-17(22)3-4-18(24)21(20)23)7-14(8-25-12)15-9-26-27(10-15)16-5-6-28-11-16;1-12(2)13(3,4)19-14(18-12)10-7-15-16(8-10)11-5-6-17-9-11;8-6-3-9-10(4-6)7-1-2-11-5-7;1-10(6,7)9-5-2-3-8-4-5;5-4-1-2-6-3-4;/h3-4,7-10,13,16H,5-6,11H2,1-2H3;7-8,11H,5-6,9H2,1-4H3;3-4,7H,1-2,5H2;5H,2-4H2,1H3;4-5H,1-3H2;1H/i;;;;;1+1. The van der Waals surface area contributed by atoms with Gasteiger partial charge in [0, 0.05) is 99.0 Å². The van der Waals surface area contributed by atoms with Gasteiger partial charge >= 0.3 is 7.12 Å². The van der Waals surface area contributed by atoms with Crippen molar-refractivity contribution in [3.8, 4) is 16.9 Å². The fraction of sp³-hybridized carbons (Fsp3) is 0.600.